The number of benzene rings is 2. The molecule has 20 heavy (non-hydrogen) atoms. The molecule has 2 rings (SSSR count). The standard InChI is InChI=1S/C14H12BrF3N2/c15-10-3-1-8(12(17)7-10)6-14(20-19)9-2-4-11(16)13(18)5-9/h1-5,7,14,20H,6,19H2. The Hall–Kier alpha value is -1.37. The first kappa shape index (κ1) is 15.0. The molecule has 2 aromatic carbocycles. The molecule has 0 spiro atoms. The molecule has 0 heterocycles. The summed E-state index contributed by atoms with van der Waals surface area (Å²) in [6.07, 6.45) is 0.223. The SMILES string of the molecule is NNC(Cc1ccc(Br)cc1F)c1ccc(F)c(F)c1. The van der Waals surface area contributed by atoms with E-state index in [2.05, 4.69) is 21.4 Å². The van der Waals surface area contributed by atoms with E-state index in [1.165, 1.54) is 12.1 Å². The average molecular weight is 345 g/mol. The number of hydrogen-bond acceptors (Lipinski definition) is 2. The Balaban J connectivity index is 2.26. The molecule has 2 aromatic rings. The van der Waals surface area contributed by atoms with Gasteiger partial charge in [0.05, 0.1) is 6.04 Å². The maximum Gasteiger partial charge on any atom is 0.159 e. The summed E-state index contributed by atoms with van der Waals surface area (Å²) in [5.41, 5.74) is 3.37. The van der Waals surface area contributed by atoms with Gasteiger partial charge in [-0.25, -0.2) is 13.2 Å². The Labute approximate surface area is 122 Å². The van der Waals surface area contributed by atoms with Crippen molar-refractivity contribution >= 4 is 15.9 Å². The van der Waals surface area contributed by atoms with Gasteiger partial charge in [0.2, 0.25) is 0 Å². The minimum Gasteiger partial charge on any atom is -0.271 e. The first-order chi connectivity index (χ1) is 9.51. The van der Waals surface area contributed by atoms with Crippen LogP contribution in [0.15, 0.2) is 40.9 Å². The minimum atomic E-state index is -0.959. The molecule has 106 valence electrons. The first-order valence-electron chi connectivity index (χ1n) is 5.86. The summed E-state index contributed by atoms with van der Waals surface area (Å²) < 4.78 is 40.5. The van der Waals surface area contributed by atoms with E-state index >= 15 is 0 Å². The molecule has 0 saturated heterocycles. The van der Waals surface area contributed by atoms with Gasteiger partial charge in [-0.3, -0.25) is 11.3 Å². The lowest BCUT2D eigenvalue weighted by molar-refractivity contribution is 0.494. The van der Waals surface area contributed by atoms with Crippen LogP contribution in [0.25, 0.3) is 0 Å². The molecular formula is C14H12BrF3N2. The fourth-order valence-corrected chi connectivity index (χ4v) is 2.24. The second-order valence-electron chi connectivity index (χ2n) is 4.33. The van der Waals surface area contributed by atoms with Crippen LogP contribution in [0, 0.1) is 17.5 Å². The lowest BCUT2D eigenvalue weighted by Gasteiger charge is -2.17. The zero-order valence-corrected chi connectivity index (χ0v) is 11.9. The van der Waals surface area contributed by atoms with E-state index in [0.29, 0.717) is 15.6 Å². The summed E-state index contributed by atoms with van der Waals surface area (Å²) in [6.45, 7) is 0. The fourth-order valence-electron chi connectivity index (χ4n) is 1.91. The number of hydrogen-bond donors (Lipinski definition) is 2. The van der Waals surface area contributed by atoms with E-state index in [1.807, 2.05) is 0 Å². The van der Waals surface area contributed by atoms with Gasteiger partial charge in [0, 0.05) is 4.47 Å². The Kier molecular flexibility index (Phi) is 4.80. The van der Waals surface area contributed by atoms with Crippen molar-refractivity contribution in [2.24, 2.45) is 5.84 Å². The second-order valence-corrected chi connectivity index (χ2v) is 5.25. The third-order valence-electron chi connectivity index (χ3n) is 2.99. The van der Waals surface area contributed by atoms with E-state index < -0.39 is 17.7 Å². The highest BCUT2D eigenvalue weighted by atomic mass is 79.9. The van der Waals surface area contributed by atoms with Crippen LogP contribution in [-0.2, 0) is 6.42 Å². The molecule has 0 saturated carbocycles. The van der Waals surface area contributed by atoms with Gasteiger partial charge in [-0.15, -0.1) is 0 Å². The molecule has 1 atom stereocenters. The summed E-state index contributed by atoms with van der Waals surface area (Å²) in [4.78, 5) is 0. The van der Waals surface area contributed by atoms with E-state index in [9.17, 15) is 13.2 Å². The van der Waals surface area contributed by atoms with Gasteiger partial charge < -0.3 is 0 Å². The summed E-state index contributed by atoms with van der Waals surface area (Å²) in [7, 11) is 0. The van der Waals surface area contributed by atoms with Gasteiger partial charge in [-0.1, -0.05) is 28.1 Å². The summed E-state index contributed by atoms with van der Waals surface area (Å²) >= 11 is 3.17. The highest BCUT2D eigenvalue weighted by molar-refractivity contribution is 9.10. The van der Waals surface area contributed by atoms with Gasteiger partial charge in [-0.2, -0.15) is 0 Å². The van der Waals surface area contributed by atoms with E-state index in [-0.39, 0.29) is 12.2 Å². The maximum absolute atomic E-state index is 13.8. The molecule has 0 radical (unpaired) electrons. The smallest absolute Gasteiger partial charge is 0.159 e. The average Bonchev–Trinajstić information content (AvgIpc) is 2.41. The maximum atomic E-state index is 13.8. The van der Waals surface area contributed by atoms with Crippen LogP contribution in [0.5, 0.6) is 0 Å². The fraction of sp³-hybridized carbons (Fsp3) is 0.143. The van der Waals surface area contributed by atoms with Crippen molar-refractivity contribution in [3.63, 3.8) is 0 Å². The molecule has 0 bridgehead atoms. The Bertz CT molecular complexity index is 619. The largest absolute Gasteiger partial charge is 0.271 e. The van der Waals surface area contributed by atoms with E-state index in [1.54, 1.807) is 12.1 Å². The van der Waals surface area contributed by atoms with Gasteiger partial charge >= 0.3 is 0 Å². The van der Waals surface area contributed by atoms with Gasteiger partial charge in [0.15, 0.2) is 11.6 Å². The summed E-state index contributed by atoms with van der Waals surface area (Å²) in [5, 5.41) is 0. The molecule has 0 fully saturated rings. The zero-order valence-electron chi connectivity index (χ0n) is 10.3. The molecule has 0 aromatic heterocycles. The lowest BCUT2D eigenvalue weighted by Crippen LogP contribution is -2.30. The molecule has 6 heteroatoms. The highest BCUT2D eigenvalue weighted by Gasteiger charge is 2.15. The highest BCUT2D eigenvalue weighted by Crippen LogP contribution is 2.23. The van der Waals surface area contributed by atoms with E-state index in [4.69, 9.17) is 5.84 Å². The first-order valence-corrected chi connectivity index (χ1v) is 6.65. The lowest BCUT2D eigenvalue weighted by atomic mass is 9.99. The third kappa shape index (κ3) is 3.39. The van der Waals surface area contributed by atoms with Crippen LogP contribution in [0.2, 0.25) is 0 Å². The quantitative estimate of drug-likeness (QED) is 0.656. The number of hydrazine groups is 1. The van der Waals surface area contributed by atoms with Crippen molar-refractivity contribution in [2.75, 3.05) is 0 Å². The molecule has 0 amide bonds. The predicted molar refractivity (Wildman–Crippen MR) is 74.2 cm³/mol. The van der Waals surface area contributed by atoms with Crippen LogP contribution in [-0.4, -0.2) is 0 Å². The summed E-state index contributed by atoms with van der Waals surface area (Å²) in [6, 6.07) is 7.64. The topological polar surface area (TPSA) is 38.0 Å². The van der Waals surface area contributed by atoms with Crippen molar-refractivity contribution in [1.29, 1.82) is 0 Å². The predicted octanol–water partition coefficient (Wildman–Crippen LogP) is 3.61. The zero-order chi connectivity index (χ0) is 14.7. The molecule has 0 aliphatic rings. The van der Waals surface area contributed by atoms with Crippen molar-refractivity contribution in [3.8, 4) is 0 Å². The van der Waals surface area contributed by atoms with Gasteiger partial charge in [0.1, 0.15) is 5.82 Å². The van der Waals surface area contributed by atoms with Crippen molar-refractivity contribution in [1.82, 2.24) is 5.43 Å². The Morgan fingerprint density at radius 1 is 1.00 bits per heavy atom. The van der Waals surface area contributed by atoms with Crippen molar-refractivity contribution in [3.05, 3.63) is 69.4 Å². The van der Waals surface area contributed by atoms with Crippen LogP contribution in [0.3, 0.4) is 0 Å². The molecule has 2 nitrogen and oxygen atoms in total. The van der Waals surface area contributed by atoms with Crippen molar-refractivity contribution in [2.45, 2.75) is 12.5 Å². The summed E-state index contributed by atoms with van der Waals surface area (Å²) in [5.74, 6) is 3.15. The molecule has 3 N–H and O–H groups in total. The van der Waals surface area contributed by atoms with Crippen LogP contribution in [0.4, 0.5) is 13.2 Å². The van der Waals surface area contributed by atoms with Gasteiger partial charge in [-0.05, 0) is 41.8 Å². The molecule has 1 unspecified atom stereocenters. The number of halogens is 4. The van der Waals surface area contributed by atoms with E-state index in [0.717, 1.165) is 12.1 Å². The monoisotopic (exact) mass is 344 g/mol. The van der Waals surface area contributed by atoms with Crippen LogP contribution >= 0.6 is 15.9 Å². The number of nitrogens with two attached hydrogens (primary N) is 1. The normalized spacial score (nSPS) is 12.4. The van der Waals surface area contributed by atoms with Crippen molar-refractivity contribution < 1.29 is 13.2 Å². The molecular weight excluding hydrogens is 333 g/mol. The second kappa shape index (κ2) is 6.39. The van der Waals surface area contributed by atoms with Crippen LogP contribution in [0.1, 0.15) is 17.2 Å². The Morgan fingerprint density at radius 2 is 1.75 bits per heavy atom. The number of rotatable bonds is 4. The van der Waals surface area contributed by atoms with Crippen LogP contribution < -0.4 is 11.3 Å². The Morgan fingerprint density at radius 3 is 2.35 bits per heavy atom. The third-order valence-corrected chi connectivity index (χ3v) is 3.48. The minimum absolute atomic E-state index is 0.223. The molecule has 0 aliphatic carbocycles. The molecule has 0 aliphatic heterocycles. The number of nitrogens with one attached hydrogen (secondary N) is 1. The van der Waals surface area contributed by atoms with Gasteiger partial charge in [0.25, 0.3) is 0 Å².